The number of carbonyl (C=O) groups is 2. The maximum absolute atomic E-state index is 11.4. The van der Waals surface area contributed by atoms with Crippen molar-refractivity contribution in [2.75, 3.05) is 12.3 Å². The first kappa shape index (κ1) is 16.8. The monoisotopic (exact) mass is 295 g/mol. The molecule has 0 heterocycles. The number of carboxylic acids is 1. The fraction of sp³-hybridized carbons (Fsp3) is 0.429. The summed E-state index contributed by atoms with van der Waals surface area (Å²) in [4.78, 5) is 21.9. The Labute approximate surface area is 123 Å². The lowest BCUT2D eigenvalue weighted by atomic mass is 10.1. The first-order valence-corrected chi connectivity index (χ1v) is 6.73. The maximum Gasteiger partial charge on any atom is 0.407 e. The molecular weight excluding hydrogens is 274 g/mol. The number of nitrogen functional groups attached to an aromatic ring is 1. The van der Waals surface area contributed by atoms with Gasteiger partial charge in [0, 0.05) is 17.8 Å². The molecule has 7 heteroatoms. The molecule has 21 heavy (non-hydrogen) atoms. The van der Waals surface area contributed by atoms with E-state index in [1.54, 1.807) is 18.2 Å². The van der Waals surface area contributed by atoms with Gasteiger partial charge in [-0.1, -0.05) is 18.2 Å². The van der Waals surface area contributed by atoms with Crippen LogP contribution in [0.2, 0.25) is 0 Å². The van der Waals surface area contributed by atoms with Crippen molar-refractivity contribution in [1.29, 1.82) is 0 Å². The molecule has 0 aliphatic rings. The maximum atomic E-state index is 11.4. The number of amides is 1. The van der Waals surface area contributed by atoms with E-state index in [4.69, 9.17) is 21.3 Å². The number of hydrogen-bond acceptors (Lipinski definition) is 5. The molecule has 7 nitrogen and oxygen atoms in total. The van der Waals surface area contributed by atoms with Gasteiger partial charge in [0.15, 0.2) is 0 Å². The van der Waals surface area contributed by atoms with Crippen molar-refractivity contribution in [3.05, 3.63) is 29.8 Å². The van der Waals surface area contributed by atoms with Crippen molar-refractivity contribution in [3.63, 3.8) is 0 Å². The fourth-order valence-corrected chi connectivity index (χ4v) is 1.66. The van der Waals surface area contributed by atoms with E-state index in [0.717, 1.165) is 5.56 Å². The van der Waals surface area contributed by atoms with Gasteiger partial charge in [-0.3, -0.25) is 4.79 Å². The van der Waals surface area contributed by atoms with E-state index in [1.807, 2.05) is 6.07 Å². The summed E-state index contributed by atoms with van der Waals surface area (Å²) in [6, 6.07) is 6.30. The molecule has 0 bridgehead atoms. The van der Waals surface area contributed by atoms with Crippen molar-refractivity contribution in [3.8, 4) is 0 Å². The molecule has 116 valence electrons. The zero-order valence-electron chi connectivity index (χ0n) is 11.7. The van der Waals surface area contributed by atoms with Crippen LogP contribution in [0, 0.1) is 0 Å². The van der Waals surface area contributed by atoms with Gasteiger partial charge in [-0.2, -0.15) is 0 Å². The largest absolute Gasteiger partial charge is 0.480 e. The van der Waals surface area contributed by atoms with Gasteiger partial charge in [-0.15, -0.1) is 0 Å². The zero-order chi connectivity index (χ0) is 15.7. The van der Waals surface area contributed by atoms with E-state index in [9.17, 15) is 9.59 Å². The average molecular weight is 295 g/mol. The SMILES string of the molecule is Nc1ccccc1COC(=O)NCCCC[C@H](N)C(=O)O. The number of anilines is 1. The molecule has 1 atom stereocenters. The van der Waals surface area contributed by atoms with Crippen LogP contribution in [-0.4, -0.2) is 29.8 Å². The van der Waals surface area contributed by atoms with Crippen LogP contribution >= 0.6 is 0 Å². The molecule has 1 amide bonds. The van der Waals surface area contributed by atoms with E-state index < -0.39 is 18.1 Å². The molecule has 0 spiro atoms. The predicted octanol–water partition coefficient (Wildman–Crippen LogP) is 1.08. The molecule has 0 saturated carbocycles. The molecule has 0 fully saturated rings. The Bertz CT molecular complexity index is 479. The number of nitrogens with one attached hydrogen (secondary N) is 1. The third kappa shape index (κ3) is 6.62. The zero-order valence-corrected chi connectivity index (χ0v) is 11.7. The second-order valence-corrected chi connectivity index (χ2v) is 4.64. The fourth-order valence-electron chi connectivity index (χ4n) is 1.66. The van der Waals surface area contributed by atoms with Crippen molar-refractivity contribution in [1.82, 2.24) is 5.32 Å². The second kappa shape index (κ2) is 8.80. The van der Waals surface area contributed by atoms with Crippen LogP contribution in [0.15, 0.2) is 24.3 Å². The predicted molar refractivity (Wildman–Crippen MR) is 78.5 cm³/mol. The number of nitrogens with two attached hydrogens (primary N) is 2. The number of ether oxygens (including phenoxy) is 1. The van der Waals surface area contributed by atoms with Gasteiger partial charge in [0.2, 0.25) is 0 Å². The smallest absolute Gasteiger partial charge is 0.407 e. The molecule has 1 rings (SSSR count). The lowest BCUT2D eigenvalue weighted by Gasteiger charge is -2.09. The summed E-state index contributed by atoms with van der Waals surface area (Å²) >= 11 is 0. The normalized spacial score (nSPS) is 11.7. The molecule has 1 aromatic rings. The number of carbonyl (C=O) groups excluding carboxylic acids is 1. The minimum atomic E-state index is -1.01. The standard InChI is InChI=1S/C14H21N3O4/c15-11-6-2-1-5-10(11)9-21-14(20)17-8-4-3-7-12(16)13(18)19/h1-2,5-6,12H,3-4,7-9,15-16H2,(H,17,20)(H,18,19)/t12-/m0/s1. The minimum absolute atomic E-state index is 0.113. The van der Waals surface area contributed by atoms with Crippen LogP contribution in [-0.2, 0) is 16.1 Å². The van der Waals surface area contributed by atoms with Gasteiger partial charge in [-0.25, -0.2) is 4.79 Å². The third-order valence-electron chi connectivity index (χ3n) is 2.94. The number of para-hydroxylation sites is 1. The van der Waals surface area contributed by atoms with Crippen LogP contribution in [0.5, 0.6) is 0 Å². The Morgan fingerprint density at radius 1 is 1.29 bits per heavy atom. The molecule has 0 saturated heterocycles. The lowest BCUT2D eigenvalue weighted by Crippen LogP contribution is -2.30. The number of unbranched alkanes of at least 4 members (excludes halogenated alkanes) is 1. The number of benzene rings is 1. The minimum Gasteiger partial charge on any atom is -0.480 e. The highest BCUT2D eigenvalue weighted by Gasteiger charge is 2.10. The number of hydrogen-bond donors (Lipinski definition) is 4. The number of rotatable bonds is 8. The van der Waals surface area contributed by atoms with Crippen LogP contribution in [0.3, 0.4) is 0 Å². The quantitative estimate of drug-likeness (QED) is 0.419. The van der Waals surface area contributed by atoms with Gasteiger partial charge < -0.3 is 26.6 Å². The van der Waals surface area contributed by atoms with E-state index in [2.05, 4.69) is 5.32 Å². The molecular formula is C14H21N3O4. The number of carboxylic acid groups (broad SMARTS) is 1. The van der Waals surface area contributed by atoms with Crippen molar-refractivity contribution in [2.45, 2.75) is 31.9 Å². The second-order valence-electron chi connectivity index (χ2n) is 4.64. The van der Waals surface area contributed by atoms with Crippen LogP contribution in [0.1, 0.15) is 24.8 Å². The Balaban J connectivity index is 2.12. The Hall–Kier alpha value is -2.28. The van der Waals surface area contributed by atoms with Crippen LogP contribution < -0.4 is 16.8 Å². The van der Waals surface area contributed by atoms with E-state index >= 15 is 0 Å². The molecule has 0 unspecified atom stereocenters. The molecule has 1 aromatic carbocycles. The van der Waals surface area contributed by atoms with E-state index in [1.165, 1.54) is 0 Å². The molecule has 6 N–H and O–H groups in total. The van der Waals surface area contributed by atoms with Crippen molar-refractivity contribution < 1.29 is 19.4 Å². The Morgan fingerprint density at radius 2 is 2.00 bits per heavy atom. The third-order valence-corrected chi connectivity index (χ3v) is 2.94. The van der Waals surface area contributed by atoms with Gasteiger partial charge >= 0.3 is 12.1 Å². The highest BCUT2D eigenvalue weighted by molar-refractivity contribution is 5.72. The summed E-state index contributed by atoms with van der Waals surface area (Å²) in [5, 5.41) is 11.2. The molecule has 0 aliphatic heterocycles. The summed E-state index contributed by atoms with van der Waals surface area (Å²) in [5.41, 5.74) is 12.4. The summed E-state index contributed by atoms with van der Waals surface area (Å²) in [6.07, 6.45) is 1.12. The van der Waals surface area contributed by atoms with Crippen LogP contribution in [0.4, 0.5) is 10.5 Å². The van der Waals surface area contributed by atoms with E-state index in [0.29, 0.717) is 31.5 Å². The van der Waals surface area contributed by atoms with Gasteiger partial charge in [0.05, 0.1) is 0 Å². The highest BCUT2D eigenvalue weighted by Crippen LogP contribution is 2.11. The molecule has 0 radical (unpaired) electrons. The topological polar surface area (TPSA) is 128 Å². The summed E-state index contributed by atoms with van der Waals surface area (Å²) in [5.74, 6) is -1.01. The number of aliphatic carboxylic acids is 1. The first-order chi connectivity index (χ1) is 10.0. The Morgan fingerprint density at radius 3 is 2.67 bits per heavy atom. The summed E-state index contributed by atoms with van der Waals surface area (Å²) in [7, 11) is 0. The molecule has 0 aliphatic carbocycles. The molecule has 0 aromatic heterocycles. The summed E-state index contributed by atoms with van der Waals surface area (Å²) in [6.45, 7) is 0.526. The van der Waals surface area contributed by atoms with E-state index in [-0.39, 0.29) is 6.61 Å². The lowest BCUT2D eigenvalue weighted by molar-refractivity contribution is -0.138. The average Bonchev–Trinajstić information content (AvgIpc) is 2.45. The van der Waals surface area contributed by atoms with Crippen LogP contribution in [0.25, 0.3) is 0 Å². The van der Waals surface area contributed by atoms with Gasteiger partial charge in [0.25, 0.3) is 0 Å². The van der Waals surface area contributed by atoms with Crippen molar-refractivity contribution >= 4 is 17.7 Å². The highest BCUT2D eigenvalue weighted by atomic mass is 16.5. The number of alkyl carbamates (subject to hydrolysis) is 1. The van der Waals surface area contributed by atoms with Crippen molar-refractivity contribution in [2.24, 2.45) is 5.73 Å². The van der Waals surface area contributed by atoms with Gasteiger partial charge in [-0.05, 0) is 25.3 Å². The summed E-state index contributed by atoms with van der Waals surface area (Å²) < 4.78 is 5.03. The first-order valence-electron chi connectivity index (χ1n) is 6.73. The van der Waals surface area contributed by atoms with Gasteiger partial charge in [0.1, 0.15) is 12.6 Å². The Kier molecular flexibility index (Phi) is 7.03.